The molecule has 0 fully saturated rings. The summed E-state index contributed by atoms with van der Waals surface area (Å²) in [5, 5.41) is 2.77. The molecule has 2 N–H and O–H groups in total. The SMILES string of the molecule is CONC(=O)N[C@H](C)c1ccc(-n2ccnc2C)cc1. The number of nitrogens with zero attached hydrogens (tertiary/aromatic N) is 2. The first-order chi connectivity index (χ1) is 9.61. The molecule has 1 aromatic carbocycles. The Bertz CT molecular complexity index is 577. The van der Waals surface area contributed by atoms with E-state index in [-0.39, 0.29) is 12.1 Å². The summed E-state index contributed by atoms with van der Waals surface area (Å²) in [7, 11) is 1.40. The first kappa shape index (κ1) is 14.1. The van der Waals surface area contributed by atoms with Gasteiger partial charge in [-0.3, -0.25) is 4.84 Å². The normalized spacial score (nSPS) is 11.9. The first-order valence-corrected chi connectivity index (χ1v) is 6.31. The van der Waals surface area contributed by atoms with Gasteiger partial charge >= 0.3 is 6.03 Å². The van der Waals surface area contributed by atoms with Crippen molar-refractivity contribution in [1.82, 2.24) is 20.3 Å². The second-order valence-corrected chi connectivity index (χ2v) is 4.44. The van der Waals surface area contributed by atoms with Gasteiger partial charge in [0.25, 0.3) is 0 Å². The van der Waals surface area contributed by atoms with Gasteiger partial charge in [-0.2, -0.15) is 0 Å². The number of benzene rings is 1. The van der Waals surface area contributed by atoms with E-state index in [1.807, 2.05) is 48.9 Å². The monoisotopic (exact) mass is 274 g/mol. The topological polar surface area (TPSA) is 68.2 Å². The van der Waals surface area contributed by atoms with Crippen LogP contribution in [0.3, 0.4) is 0 Å². The minimum absolute atomic E-state index is 0.108. The molecule has 0 radical (unpaired) electrons. The number of amides is 2. The largest absolute Gasteiger partial charge is 0.339 e. The molecule has 2 rings (SSSR count). The number of carbonyl (C=O) groups excluding carboxylic acids is 1. The van der Waals surface area contributed by atoms with E-state index in [2.05, 4.69) is 20.6 Å². The van der Waals surface area contributed by atoms with Gasteiger partial charge in [0, 0.05) is 18.1 Å². The number of hydrogen-bond donors (Lipinski definition) is 2. The predicted molar refractivity (Wildman–Crippen MR) is 75.4 cm³/mol. The zero-order valence-electron chi connectivity index (χ0n) is 11.8. The Hall–Kier alpha value is -2.34. The number of nitrogens with one attached hydrogen (secondary N) is 2. The maximum absolute atomic E-state index is 11.4. The molecule has 6 heteroatoms. The summed E-state index contributed by atoms with van der Waals surface area (Å²) in [6.07, 6.45) is 3.68. The highest BCUT2D eigenvalue weighted by Gasteiger charge is 2.09. The van der Waals surface area contributed by atoms with Crippen LogP contribution in [0.5, 0.6) is 0 Å². The Morgan fingerprint density at radius 3 is 2.60 bits per heavy atom. The predicted octanol–water partition coefficient (Wildman–Crippen LogP) is 2.10. The fourth-order valence-electron chi connectivity index (χ4n) is 1.98. The molecule has 0 spiro atoms. The minimum atomic E-state index is -0.366. The summed E-state index contributed by atoms with van der Waals surface area (Å²) in [4.78, 5) is 20.1. The number of hydrogen-bond acceptors (Lipinski definition) is 3. The number of aryl methyl sites for hydroxylation is 1. The summed E-state index contributed by atoms with van der Waals surface area (Å²) in [6.45, 7) is 3.86. The average Bonchev–Trinajstić information content (AvgIpc) is 2.85. The Balaban J connectivity index is 2.08. The fraction of sp³-hybridized carbons (Fsp3) is 0.286. The van der Waals surface area contributed by atoms with Crippen molar-refractivity contribution in [1.29, 1.82) is 0 Å². The molecule has 0 saturated heterocycles. The van der Waals surface area contributed by atoms with Crippen LogP contribution in [0.4, 0.5) is 4.79 Å². The van der Waals surface area contributed by atoms with Gasteiger partial charge in [-0.1, -0.05) is 12.1 Å². The van der Waals surface area contributed by atoms with Crippen molar-refractivity contribution in [2.45, 2.75) is 19.9 Å². The quantitative estimate of drug-likeness (QED) is 0.839. The number of urea groups is 1. The van der Waals surface area contributed by atoms with Gasteiger partial charge in [0.05, 0.1) is 13.2 Å². The highest BCUT2D eigenvalue weighted by Crippen LogP contribution is 2.16. The standard InChI is InChI=1S/C14H18N4O2/c1-10(16-14(19)17-20-3)12-4-6-13(7-5-12)18-9-8-15-11(18)2/h4-10H,1-3H3,(H2,16,17,19)/t10-/m1/s1. The highest BCUT2D eigenvalue weighted by atomic mass is 16.6. The van der Waals surface area contributed by atoms with Crippen LogP contribution in [0.15, 0.2) is 36.7 Å². The second kappa shape index (κ2) is 6.21. The van der Waals surface area contributed by atoms with Crippen LogP contribution < -0.4 is 10.8 Å². The van der Waals surface area contributed by atoms with Crippen molar-refractivity contribution >= 4 is 6.03 Å². The molecule has 6 nitrogen and oxygen atoms in total. The molecule has 0 aliphatic rings. The van der Waals surface area contributed by atoms with Crippen LogP contribution in [0.1, 0.15) is 24.4 Å². The zero-order chi connectivity index (χ0) is 14.5. The minimum Gasteiger partial charge on any atom is -0.330 e. The lowest BCUT2D eigenvalue weighted by atomic mass is 10.1. The molecule has 0 saturated carbocycles. The first-order valence-electron chi connectivity index (χ1n) is 6.31. The maximum atomic E-state index is 11.4. The van der Waals surface area contributed by atoms with Gasteiger partial charge in [-0.15, -0.1) is 0 Å². The van der Waals surface area contributed by atoms with Gasteiger partial charge < -0.3 is 9.88 Å². The van der Waals surface area contributed by atoms with Gasteiger partial charge in [0.1, 0.15) is 5.82 Å². The second-order valence-electron chi connectivity index (χ2n) is 4.44. The molecule has 1 heterocycles. The smallest absolute Gasteiger partial charge is 0.330 e. The van der Waals surface area contributed by atoms with Crippen molar-refractivity contribution < 1.29 is 9.63 Å². The average molecular weight is 274 g/mol. The number of aromatic nitrogens is 2. The van der Waals surface area contributed by atoms with Crippen LogP contribution in [0, 0.1) is 6.92 Å². The summed E-state index contributed by atoms with van der Waals surface area (Å²) in [5.74, 6) is 0.934. The van der Waals surface area contributed by atoms with E-state index in [0.29, 0.717) is 0 Å². The summed E-state index contributed by atoms with van der Waals surface area (Å²) >= 11 is 0. The highest BCUT2D eigenvalue weighted by molar-refractivity contribution is 5.73. The zero-order valence-corrected chi connectivity index (χ0v) is 11.8. The summed E-state index contributed by atoms with van der Waals surface area (Å²) in [5.41, 5.74) is 4.28. The molecule has 2 amide bonds. The lowest BCUT2D eigenvalue weighted by Crippen LogP contribution is -2.36. The van der Waals surface area contributed by atoms with Crippen LogP contribution >= 0.6 is 0 Å². The van der Waals surface area contributed by atoms with Crippen LogP contribution in [0.2, 0.25) is 0 Å². The van der Waals surface area contributed by atoms with Crippen LogP contribution in [0.25, 0.3) is 5.69 Å². The Labute approximate surface area is 117 Å². The molecule has 0 aliphatic heterocycles. The van der Waals surface area contributed by atoms with Crippen molar-refractivity contribution in [2.24, 2.45) is 0 Å². The Morgan fingerprint density at radius 2 is 2.05 bits per heavy atom. The van der Waals surface area contributed by atoms with Crippen LogP contribution in [-0.2, 0) is 4.84 Å². The van der Waals surface area contributed by atoms with Gasteiger partial charge in [-0.05, 0) is 31.5 Å². The van der Waals surface area contributed by atoms with E-state index in [1.54, 1.807) is 6.20 Å². The van der Waals surface area contributed by atoms with E-state index in [0.717, 1.165) is 17.1 Å². The molecular weight excluding hydrogens is 256 g/mol. The number of hydroxylamine groups is 1. The molecule has 0 unspecified atom stereocenters. The van der Waals surface area contributed by atoms with Crippen molar-refractivity contribution in [3.63, 3.8) is 0 Å². The van der Waals surface area contributed by atoms with Crippen molar-refractivity contribution in [2.75, 3.05) is 7.11 Å². The van der Waals surface area contributed by atoms with E-state index in [9.17, 15) is 4.79 Å². The lowest BCUT2D eigenvalue weighted by Gasteiger charge is -2.15. The number of rotatable bonds is 4. The number of carbonyl (C=O) groups is 1. The molecule has 1 aromatic heterocycles. The third kappa shape index (κ3) is 3.16. The van der Waals surface area contributed by atoms with Gasteiger partial charge in [-0.25, -0.2) is 15.3 Å². The third-order valence-electron chi connectivity index (χ3n) is 3.04. The third-order valence-corrected chi connectivity index (χ3v) is 3.04. The molecule has 106 valence electrons. The molecule has 0 aliphatic carbocycles. The Morgan fingerprint density at radius 1 is 1.35 bits per heavy atom. The molecule has 0 bridgehead atoms. The molecular formula is C14H18N4O2. The van der Waals surface area contributed by atoms with Crippen LogP contribution in [-0.4, -0.2) is 22.7 Å². The fourth-order valence-corrected chi connectivity index (χ4v) is 1.98. The Kier molecular flexibility index (Phi) is 4.37. The van der Waals surface area contributed by atoms with E-state index in [4.69, 9.17) is 0 Å². The molecule has 1 atom stereocenters. The van der Waals surface area contributed by atoms with E-state index in [1.165, 1.54) is 7.11 Å². The van der Waals surface area contributed by atoms with Gasteiger partial charge in [0.15, 0.2) is 0 Å². The lowest BCUT2D eigenvalue weighted by molar-refractivity contribution is 0.106. The van der Waals surface area contributed by atoms with Gasteiger partial charge in [0.2, 0.25) is 0 Å². The number of imidazole rings is 1. The summed E-state index contributed by atoms with van der Waals surface area (Å²) < 4.78 is 2.00. The summed E-state index contributed by atoms with van der Waals surface area (Å²) in [6, 6.07) is 7.48. The molecule has 2 aromatic rings. The molecule has 20 heavy (non-hydrogen) atoms. The van der Waals surface area contributed by atoms with Crippen molar-refractivity contribution in [3.8, 4) is 5.69 Å². The van der Waals surface area contributed by atoms with E-state index >= 15 is 0 Å². The maximum Gasteiger partial charge on any atom is 0.339 e. The van der Waals surface area contributed by atoms with E-state index < -0.39 is 0 Å². The van der Waals surface area contributed by atoms with Crippen molar-refractivity contribution in [3.05, 3.63) is 48.0 Å².